The lowest BCUT2D eigenvalue weighted by molar-refractivity contribution is -0.128. The summed E-state index contributed by atoms with van der Waals surface area (Å²) in [6.45, 7) is 1.80. The molecule has 0 spiro atoms. The van der Waals surface area contributed by atoms with Gasteiger partial charge in [0.05, 0.1) is 6.04 Å². The van der Waals surface area contributed by atoms with E-state index in [1.165, 1.54) is 0 Å². The van der Waals surface area contributed by atoms with E-state index in [9.17, 15) is 9.59 Å². The summed E-state index contributed by atoms with van der Waals surface area (Å²) in [6.07, 6.45) is 8.11. The van der Waals surface area contributed by atoms with Crippen LogP contribution >= 0.6 is 0 Å². The second kappa shape index (κ2) is 7.40. The molecule has 4 heterocycles. The summed E-state index contributed by atoms with van der Waals surface area (Å²) in [4.78, 5) is 32.4. The van der Waals surface area contributed by atoms with E-state index in [0.29, 0.717) is 12.0 Å². The van der Waals surface area contributed by atoms with Crippen LogP contribution < -0.4 is 10.9 Å². The van der Waals surface area contributed by atoms with Crippen LogP contribution in [0.25, 0.3) is 0 Å². The molecule has 3 aliphatic rings. The molecule has 1 saturated heterocycles. The lowest BCUT2D eigenvalue weighted by Gasteiger charge is -2.45. The van der Waals surface area contributed by atoms with Crippen LogP contribution in [0.3, 0.4) is 0 Å². The first-order valence-corrected chi connectivity index (χ1v) is 10.6. The molecule has 3 atom stereocenters. The molecule has 8 heteroatoms. The van der Waals surface area contributed by atoms with Gasteiger partial charge in [-0.1, -0.05) is 6.07 Å². The first kappa shape index (κ1) is 18.5. The standard InChI is InChI=1S/C21H28N6O2/c1-25-10-14-9-15(11-25)20(27-18(14)3-2-4-19(27)28)21(29)24-16-5-7-17(8-6-16)26-13-22-12-23-26/h2-4,12-17,20H,5-11H2,1H3,(H,24,29)/t14-,15+,16?,17?,20-/m1/s1. The van der Waals surface area contributed by atoms with Crippen molar-refractivity contribution in [3.8, 4) is 0 Å². The number of likely N-dealkylation sites (tertiary alicyclic amines) is 1. The maximum absolute atomic E-state index is 13.4. The van der Waals surface area contributed by atoms with Crippen LogP contribution in [0.5, 0.6) is 0 Å². The first-order chi connectivity index (χ1) is 14.1. The monoisotopic (exact) mass is 396 g/mol. The fourth-order valence-corrected chi connectivity index (χ4v) is 5.68. The second-order valence-corrected chi connectivity index (χ2v) is 8.91. The number of likely N-dealkylation sites (N-methyl/N-ethyl adjacent to an activating group) is 1. The largest absolute Gasteiger partial charge is 0.352 e. The van der Waals surface area contributed by atoms with Crippen LogP contribution in [-0.2, 0) is 4.79 Å². The van der Waals surface area contributed by atoms with Crippen molar-refractivity contribution in [1.82, 2.24) is 29.5 Å². The minimum absolute atomic E-state index is 0.00232. The van der Waals surface area contributed by atoms with Crippen molar-refractivity contribution in [1.29, 1.82) is 0 Å². The summed E-state index contributed by atoms with van der Waals surface area (Å²) in [5, 5.41) is 7.53. The molecule has 1 N–H and O–H groups in total. The van der Waals surface area contributed by atoms with Crippen molar-refractivity contribution in [3.05, 3.63) is 46.9 Å². The van der Waals surface area contributed by atoms with Crippen molar-refractivity contribution in [2.45, 2.75) is 56.1 Å². The number of piperidine rings is 1. The smallest absolute Gasteiger partial charge is 0.251 e. The molecule has 0 aromatic carbocycles. The molecule has 0 radical (unpaired) electrons. The molecule has 2 aliphatic heterocycles. The summed E-state index contributed by atoms with van der Waals surface area (Å²) in [5.74, 6) is 0.509. The van der Waals surface area contributed by atoms with Gasteiger partial charge in [0, 0.05) is 42.7 Å². The molecular weight excluding hydrogens is 368 g/mol. The molecule has 5 rings (SSSR count). The number of hydrogen-bond acceptors (Lipinski definition) is 5. The van der Waals surface area contributed by atoms with Crippen molar-refractivity contribution in [3.63, 3.8) is 0 Å². The highest BCUT2D eigenvalue weighted by molar-refractivity contribution is 5.81. The highest BCUT2D eigenvalue weighted by Crippen LogP contribution is 2.41. The maximum atomic E-state index is 13.4. The van der Waals surface area contributed by atoms with Crippen LogP contribution in [0.15, 0.2) is 35.6 Å². The second-order valence-electron chi connectivity index (χ2n) is 8.91. The molecule has 1 aliphatic carbocycles. The lowest BCUT2D eigenvalue weighted by atomic mass is 9.78. The van der Waals surface area contributed by atoms with Crippen molar-refractivity contribution < 1.29 is 4.79 Å². The van der Waals surface area contributed by atoms with Gasteiger partial charge in [-0.25, -0.2) is 9.67 Å². The molecule has 1 saturated carbocycles. The number of carbonyl (C=O) groups excluding carboxylic acids is 1. The van der Waals surface area contributed by atoms with E-state index >= 15 is 0 Å². The quantitative estimate of drug-likeness (QED) is 0.846. The van der Waals surface area contributed by atoms with Gasteiger partial charge in [-0.2, -0.15) is 5.10 Å². The van der Waals surface area contributed by atoms with Gasteiger partial charge in [0.2, 0.25) is 5.91 Å². The number of rotatable bonds is 3. The Morgan fingerprint density at radius 1 is 1.17 bits per heavy atom. The zero-order valence-corrected chi connectivity index (χ0v) is 16.8. The normalized spacial score (nSPS) is 31.8. The molecule has 154 valence electrons. The molecule has 8 nitrogen and oxygen atoms in total. The van der Waals surface area contributed by atoms with Crippen LogP contribution in [0.1, 0.15) is 55.8 Å². The summed E-state index contributed by atoms with van der Waals surface area (Å²) in [5.41, 5.74) is 0.951. The highest BCUT2D eigenvalue weighted by atomic mass is 16.2. The van der Waals surface area contributed by atoms with E-state index in [1.807, 2.05) is 16.8 Å². The molecule has 2 aromatic rings. The third kappa shape index (κ3) is 3.39. The third-order valence-corrected chi connectivity index (χ3v) is 6.95. The Morgan fingerprint density at radius 3 is 2.76 bits per heavy atom. The minimum atomic E-state index is -0.411. The van der Waals surface area contributed by atoms with Crippen LogP contribution in [0.4, 0.5) is 0 Å². The van der Waals surface area contributed by atoms with Gasteiger partial charge in [-0.3, -0.25) is 14.2 Å². The summed E-state index contributed by atoms with van der Waals surface area (Å²) in [6, 6.07) is 5.53. The van der Waals surface area contributed by atoms with Crippen molar-refractivity contribution in [2.75, 3.05) is 20.1 Å². The third-order valence-electron chi connectivity index (χ3n) is 6.95. The summed E-state index contributed by atoms with van der Waals surface area (Å²) < 4.78 is 3.70. The topological polar surface area (TPSA) is 85.1 Å². The van der Waals surface area contributed by atoms with Crippen molar-refractivity contribution >= 4 is 5.91 Å². The van der Waals surface area contributed by atoms with Gasteiger partial charge in [0.15, 0.2) is 0 Å². The molecule has 1 amide bonds. The molecule has 2 bridgehead atoms. The van der Waals surface area contributed by atoms with Gasteiger partial charge >= 0.3 is 0 Å². The van der Waals surface area contributed by atoms with Gasteiger partial charge in [-0.15, -0.1) is 0 Å². The molecule has 0 unspecified atom stereocenters. The number of hydrogen-bond donors (Lipinski definition) is 1. The fraction of sp³-hybridized carbons (Fsp3) is 0.619. The number of fused-ring (bicyclic) bond motifs is 4. The SMILES string of the molecule is CN1C[C@H]2C[C@@H](C1)[C@H](C(=O)NC1CCC(n3cncn3)CC1)n1c2cccc1=O. The molecule has 2 aromatic heterocycles. The van der Waals surface area contributed by atoms with Crippen LogP contribution in [-0.4, -0.2) is 56.3 Å². The van der Waals surface area contributed by atoms with E-state index in [0.717, 1.165) is 50.9 Å². The van der Waals surface area contributed by atoms with Gasteiger partial charge in [0.1, 0.15) is 18.7 Å². The first-order valence-electron chi connectivity index (χ1n) is 10.6. The van der Waals surface area contributed by atoms with Gasteiger partial charge < -0.3 is 10.2 Å². The van der Waals surface area contributed by atoms with E-state index in [-0.39, 0.29) is 23.4 Å². The number of nitrogens with one attached hydrogen (secondary N) is 1. The zero-order valence-electron chi connectivity index (χ0n) is 16.8. The lowest BCUT2D eigenvalue weighted by Crippen LogP contribution is -2.54. The van der Waals surface area contributed by atoms with E-state index < -0.39 is 6.04 Å². The predicted molar refractivity (Wildman–Crippen MR) is 108 cm³/mol. The van der Waals surface area contributed by atoms with Gasteiger partial charge in [-0.05, 0) is 45.2 Å². The summed E-state index contributed by atoms with van der Waals surface area (Å²) >= 11 is 0. The van der Waals surface area contributed by atoms with E-state index in [2.05, 4.69) is 27.3 Å². The Kier molecular flexibility index (Phi) is 4.73. The zero-order chi connectivity index (χ0) is 20.0. The fourth-order valence-electron chi connectivity index (χ4n) is 5.68. The predicted octanol–water partition coefficient (Wildman–Crippen LogP) is 1.33. The maximum Gasteiger partial charge on any atom is 0.251 e. The van der Waals surface area contributed by atoms with Crippen molar-refractivity contribution in [2.24, 2.45) is 5.92 Å². The Morgan fingerprint density at radius 2 is 2.00 bits per heavy atom. The number of nitrogens with zero attached hydrogens (tertiary/aromatic N) is 5. The Bertz CT molecular complexity index is 931. The van der Waals surface area contributed by atoms with Gasteiger partial charge in [0.25, 0.3) is 5.56 Å². The van der Waals surface area contributed by atoms with Crippen LogP contribution in [0, 0.1) is 5.92 Å². The molecule has 29 heavy (non-hydrogen) atoms. The van der Waals surface area contributed by atoms with E-state index in [1.54, 1.807) is 23.3 Å². The molecule has 2 fully saturated rings. The van der Waals surface area contributed by atoms with Crippen LogP contribution in [0.2, 0.25) is 0 Å². The Labute approximate surface area is 169 Å². The number of carbonyl (C=O) groups is 1. The van der Waals surface area contributed by atoms with E-state index in [4.69, 9.17) is 0 Å². The Balaban J connectivity index is 1.33. The summed E-state index contributed by atoms with van der Waals surface area (Å²) in [7, 11) is 2.11. The average molecular weight is 396 g/mol. The Hall–Kier alpha value is -2.48. The highest BCUT2D eigenvalue weighted by Gasteiger charge is 2.43. The number of pyridine rings is 1. The molecular formula is C21H28N6O2. The number of amides is 1. The number of aromatic nitrogens is 4. The average Bonchev–Trinajstić information content (AvgIpc) is 3.24. The minimum Gasteiger partial charge on any atom is -0.352 e.